The zero-order chi connectivity index (χ0) is 19.8. The molecule has 1 aliphatic heterocycles. The number of hydrogen-bond acceptors (Lipinski definition) is 2. The molecule has 2 aromatic carbocycles. The van der Waals surface area contributed by atoms with Crippen LogP contribution in [0.3, 0.4) is 0 Å². The summed E-state index contributed by atoms with van der Waals surface area (Å²) in [6, 6.07) is 17.1. The van der Waals surface area contributed by atoms with Gasteiger partial charge in [0.1, 0.15) is 5.82 Å². The van der Waals surface area contributed by atoms with E-state index in [0.717, 1.165) is 57.5 Å². The van der Waals surface area contributed by atoms with E-state index in [9.17, 15) is 9.18 Å². The highest BCUT2D eigenvalue weighted by Crippen LogP contribution is 2.21. The maximum Gasteiger partial charge on any atom is 0.223 e. The van der Waals surface area contributed by atoms with Gasteiger partial charge in [-0.15, -0.1) is 0 Å². The fourth-order valence-electron chi connectivity index (χ4n) is 3.90. The molecule has 1 unspecified atom stereocenters. The summed E-state index contributed by atoms with van der Waals surface area (Å²) in [7, 11) is 0. The zero-order valence-corrected chi connectivity index (χ0v) is 16.8. The minimum atomic E-state index is -0.234. The molecule has 0 aromatic heterocycles. The van der Waals surface area contributed by atoms with Gasteiger partial charge in [0.25, 0.3) is 0 Å². The van der Waals surface area contributed by atoms with Crippen molar-refractivity contribution in [2.24, 2.45) is 0 Å². The van der Waals surface area contributed by atoms with Crippen LogP contribution in [-0.2, 0) is 11.2 Å². The standard InChI is InChI=1S/C24H31FN2O/c1-20(22-10-12-23(25)13-11-22)19-24(28)27-16-6-15-26(17-18-27)14-5-9-21-7-3-2-4-8-21/h2-4,7-8,10-13,20H,5-6,9,14-19H2,1H3. The molecule has 0 bridgehead atoms. The Kier molecular flexibility index (Phi) is 7.61. The Morgan fingerprint density at radius 3 is 2.50 bits per heavy atom. The van der Waals surface area contributed by atoms with Gasteiger partial charge in [0, 0.05) is 26.1 Å². The molecule has 1 heterocycles. The monoisotopic (exact) mass is 382 g/mol. The van der Waals surface area contributed by atoms with E-state index >= 15 is 0 Å². The van der Waals surface area contributed by atoms with Crippen molar-refractivity contribution in [2.75, 3.05) is 32.7 Å². The van der Waals surface area contributed by atoms with Crippen molar-refractivity contribution in [3.63, 3.8) is 0 Å². The number of halogens is 1. The van der Waals surface area contributed by atoms with Crippen LogP contribution >= 0.6 is 0 Å². The first kappa shape index (κ1) is 20.5. The molecule has 150 valence electrons. The van der Waals surface area contributed by atoms with Crippen LogP contribution in [0.25, 0.3) is 0 Å². The van der Waals surface area contributed by atoms with Crippen LogP contribution in [0.4, 0.5) is 4.39 Å². The molecule has 1 fully saturated rings. The number of rotatable bonds is 7. The molecular formula is C24H31FN2O. The first-order chi connectivity index (χ1) is 13.6. The van der Waals surface area contributed by atoms with Gasteiger partial charge >= 0.3 is 0 Å². The fourth-order valence-corrected chi connectivity index (χ4v) is 3.90. The van der Waals surface area contributed by atoms with Gasteiger partial charge in [-0.2, -0.15) is 0 Å². The number of nitrogens with zero attached hydrogens (tertiary/aromatic N) is 2. The second kappa shape index (κ2) is 10.4. The second-order valence-electron chi connectivity index (χ2n) is 7.82. The number of hydrogen-bond donors (Lipinski definition) is 0. The molecule has 1 atom stereocenters. The maximum absolute atomic E-state index is 13.1. The molecule has 1 aliphatic rings. The molecule has 1 saturated heterocycles. The van der Waals surface area contributed by atoms with Crippen LogP contribution in [0, 0.1) is 5.82 Å². The van der Waals surface area contributed by atoms with Gasteiger partial charge < -0.3 is 9.80 Å². The van der Waals surface area contributed by atoms with E-state index in [4.69, 9.17) is 0 Å². The van der Waals surface area contributed by atoms with Crippen LogP contribution in [0.1, 0.15) is 43.2 Å². The molecule has 2 aromatic rings. The maximum atomic E-state index is 13.1. The van der Waals surface area contributed by atoms with Crippen molar-refractivity contribution in [3.05, 3.63) is 71.5 Å². The number of amides is 1. The van der Waals surface area contributed by atoms with E-state index in [1.807, 2.05) is 11.8 Å². The second-order valence-corrected chi connectivity index (χ2v) is 7.82. The number of aryl methyl sites for hydroxylation is 1. The summed E-state index contributed by atoms with van der Waals surface area (Å²) in [6.45, 7) is 6.78. The van der Waals surface area contributed by atoms with E-state index in [-0.39, 0.29) is 17.6 Å². The Morgan fingerprint density at radius 1 is 1.00 bits per heavy atom. The highest BCUT2D eigenvalue weighted by molar-refractivity contribution is 5.77. The number of benzene rings is 2. The summed E-state index contributed by atoms with van der Waals surface area (Å²) in [6.07, 6.45) is 3.77. The largest absolute Gasteiger partial charge is 0.341 e. The number of carbonyl (C=O) groups excluding carboxylic acids is 1. The van der Waals surface area contributed by atoms with Crippen molar-refractivity contribution in [3.8, 4) is 0 Å². The van der Waals surface area contributed by atoms with E-state index in [1.54, 1.807) is 12.1 Å². The third kappa shape index (κ3) is 6.16. The van der Waals surface area contributed by atoms with Gasteiger partial charge in [0.05, 0.1) is 0 Å². The Bertz CT molecular complexity index is 732. The quantitative estimate of drug-likeness (QED) is 0.705. The summed E-state index contributed by atoms with van der Waals surface area (Å²) < 4.78 is 13.1. The summed E-state index contributed by atoms with van der Waals surface area (Å²) in [5.74, 6) is 0.0865. The summed E-state index contributed by atoms with van der Waals surface area (Å²) in [5.41, 5.74) is 2.41. The Hall–Kier alpha value is -2.20. The van der Waals surface area contributed by atoms with Crippen molar-refractivity contribution < 1.29 is 9.18 Å². The summed E-state index contributed by atoms with van der Waals surface area (Å²) >= 11 is 0. The average molecular weight is 383 g/mol. The molecule has 0 spiro atoms. The van der Waals surface area contributed by atoms with Gasteiger partial charge in [0.15, 0.2) is 0 Å². The molecule has 0 aliphatic carbocycles. The normalized spacial score (nSPS) is 16.6. The van der Waals surface area contributed by atoms with Crippen LogP contribution in [0.5, 0.6) is 0 Å². The summed E-state index contributed by atoms with van der Waals surface area (Å²) in [5, 5.41) is 0. The zero-order valence-electron chi connectivity index (χ0n) is 16.8. The first-order valence-corrected chi connectivity index (χ1v) is 10.4. The highest BCUT2D eigenvalue weighted by Gasteiger charge is 2.21. The van der Waals surface area contributed by atoms with Crippen LogP contribution in [-0.4, -0.2) is 48.4 Å². The predicted molar refractivity (Wildman–Crippen MR) is 112 cm³/mol. The molecule has 3 rings (SSSR count). The highest BCUT2D eigenvalue weighted by atomic mass is 19.1. The van der Waals surface area contributed by atoms with Crippen molar-refractivity contribution in [1.82, 2.24) is 9.80 Å². The van der Waals surface area contributed by atoms with Crippen molar-refractivity contribution in [2.45, 2.75) is 38.5 Å². The van der Waals surface area contributed by atoms with Crippen LogP contribution < -0.4 is 0 Å². The lowest BCUT2D eigenvalue weighted by molar-refractivity contribution is -0.131. The third-order valence-electron chi connectivity index (χ3n) is 5.64. The topological polar surface area (TPSA) is 23.6 Å². The van der Waals surface area contributed by atoms with Gasteiger partial charge in [-0.25, -0.2) is 4.39 Å². The van der Waals surface area contributed by atoms with E-state index in [2.05, 4.69) is 35.2 Å². The molecule has 0 saturated carbocycles. The van der Waals surface area contributed by atoms with Gasteiger partial charge in [-0.05, 0) is 61.5 Å². The minimum absolute atomic E-state index is 0.110. The molecular weight excluding hydrogens is 351 g/mol. The van der Waals surface area contributed by atoms with Crippen LogP contribution in [0.15, 0.2) is 54.6 Å². The lowest BCUT2D eigenvalue weighted by atomic mass is 9.97. The molecule has 0 radical (unpaired) electrons. The van der Waals surface area contributed by atoms with E-state index < -0.39 is 0 Å². The van der Waals surface area contributed by atoms with E-state index in [0.29, 0.717) is 6.42 Å². The lowest BCUT2D eigenvalue weighted by Gasteiger charge is -2.23. The molecule has 0 N–H and O–H groups in total. The smallest absolute Gasteiger partial charge is 0.223 e. The van der Waals surface area contributed by atoms with Crippen molar-refractivity contribution in [1.29, 1.82) is 0 Å². The van der Waals surface area contributed by atoms with Gasteiger partial charge in [-0.1, -0.05) is 49.4 Å². The minimum Gasteiger partial charge on any atom is -0.341 e. The van der Waals surface area contributed by atoms with Crippen molar-refractivity contribution >= 4 is 5.91 Å². The SMILES string of the molecule is CC(CC(=O)N1CCCN(CCCc2ccccc2)CC1)c1ccc(F)cc1. The first-order valence-electron chi connectivity index (χ1n) is 10.4. The molecule has 28 heavy (non-hydrogen) atoms. The number of carbonyl (C=O) groups is 1. The lowest BCUT2D eigenvalue weighted by Crippen LogP contribution is -2.36. The Balaban J connectivity index is 1.42. The molecule has 3 nitrogen and oxygen atoms in total. The predicted octanol–water partition coefficient (Wildman–Crippen LogP) is 4.49. The Labute approximate surface area is 168 Å². The summed E-state index contributed by atoms with van der Waals surface area (Å²) in [4.78, 5) is 17.2. The van der Waals surface area contributed by atoms with Gasteiger partial charge in [0.2, 0.25) is 5.91 Å². The van der Waals surface area contributed by atoms with Crippen LogP contribution in [0.2, 0.25) is 0 Å². The molecule has 1 amide bonds. The molecule has 4 heteroatoms. The third-order valence-corrected chi connectivity index (χ3v) is 5.64. The van der Waals surface area contributed by atoms with Gasteiger partial charge in [-0.3, -0.25) is 4.79 Å². The fraction of sp³-hybridized carbons (Fsp3) is 0.458. The Morgan fingerprint density at radius 2 is 1.75 bits per heavy atom. The van der Waals surface area contributed by atoms with E-state index in [1.165, 1.54) is 17.7 Å². The average Bonchev–Trinajstić information content (AvgIpc) is 2.95.